The molecule has 0 spiro atoms. The van der Waals surface area contributed by atoms with Gasteiger partial charge in [0.25, 0.3) is 0 Å². The molecule has 7 heteroatoms. The summed E-state index contributed by atoms with van der Waals surface area (Å²) in [5.41, 5.74) is 0. The minimum Gasteiger partial charge on any atom is -0.340 e. The van der Waals surface area contributed by atoms with Crippen molar-refractivity contribution in [2.45, 2.75) is 18.6 Å². The molecule has 1 N–H and O–H groups in total. The second kappa shape index (κ2) is 5.68. The molecule has 1 atom stereocenters. The average molecular weight is 253 g/mol. The number of likely N-dealkylation sites (N-methyl/N-ethyl adjacent to an activating group) is 1. The van der Waals surface area contributed by atoms with Gasteiger partial charge in [0.1, 0.15) is 0 Å². The molecule has 0 bridgehead atoms. The second-order valence-electron chi connectivity index (χ2n) is 4.46. The molecule has 1 fully saturated rings. The summed E-state index contributed by atoms with van der Waals surface area (Å²) in [5, 5.41) is 2.12. The molecule has 0 aromatic rings. The van der Waals surface area contributed by atoms with Crippen LogP contribution in [0.25, 0.3) is 0 Å². The first kappa shape index (κ1) is 14.2. The number of carbonyl (C=O) groups is 1. The zero-order valence-corrected chi connectivity index (χ0v) is 10.0. The fraction of sp³-hybridized carbons (Fsp3) is 0.900. The van der Waals surface area contributed by atoms with E-state index in [2.05, 4.69) is 5.32 Å². The number of hydrogen-bond acceptors (Lipinski definition) is 3. The molecule has 100 valence electrons. The number of alkyl halides is 3. The maximum Gasteiger partial charge on any atom is 0.401 e. The first-order chi connectivity index (χ1) is 7.79. The van der Waals surface area contributed by atoms with Crippen LogP contribution in [0, 0.1) is 0 Å². The Labute approximate surface area is 98.7 Å². The van der Waals surface area contributed by atoms with Gasteiger partial charge >= 0.3 is 6.18 Å². The molecule has 17 heavy (non-hydrogen) atoms. The van der Waals surface area contributed by atoms with Gasteiger partial charge in [-0.3, -0.25) is 4.79 Å². The Morgan fingerprint density at radius 2 is 2.12 bits per heavy atom. The molecule has 0 saturated carbocycles. The number of nitrogens with zero attached hydrogens (tertiary/aromatic N) is 2. The zero-order chi connectivity index (χ0) is 13.1. The van der Waals surface area contributed by atoms with Crippen molar-refractivity contribution in [3.63, 3.8) is 0 Å². The molecule has 0 aliphatic carbocycles. The Morgan fingerprint density at radius 1 is 1.47 bits per heavy atom. The summed E-state index contributed by atoms with van der Waals surface area (Å²) in [5.74, 6) is -0.265. The summed E-state index contributed by atoms with van der Waals surface area (Å²) in [6.07, 6.45) is -3.39. The maximum atomic E-state index is 11.9. The molecular weight excluding hydrogens is 235 g/mol. The first-order valence-electron chi connectivity index (χ1n) is 5.51. The normalized spacial score (nSPS) is 21.3. The number of likely N-dealkylation sites (tertiary alicyclic amines) is 1. The van der Waals surface area contributed by atoms with Gasteiger partial charge in [-0.1, -0.05) is 0 Å². The highest BCUT2D eigenvalue weighted by Gasteiger charge is 2.29. The molecule has 0 radical (unpaired) electrons. The van der Waals surface area contributed by atoms with Crippen LogP contribution in [-0.4, -0.2) is 68.2 Å². The van der Waals surface area contributed by atoms with Crippen molar-refractivity contribution in [2.24, 2.45) is 0 Å². The number of rotatable bonds is 4. The largest absolute Gasteiger partial charge is 0.401 e. The van der Waals surface area contributed by atoms with Gasteiger partial charge in [-0.2, -0.15) is 13.2 Å². The van der Waals surface area contributed by atoms with Crippen LogP contribution in [0.4, 0.5) is 13.2 Å². The minimum atomic E-state index is -4.27. The fourth-order valence-electron chi connectivity index (χ4n) is 1.81. The van der Waals surface area contributed by atoms with E-state index in [0.29, 0.717) is 19.1 Å². The smallest absolute Gasteiger partial charge is 0.340 e. The highest BCUT2D eigenvalue weighted by atomic mass is 19.4. The van der Waals surface area contributed by atoms with E-state index in [0.717, 1.165) is 6.42 Å². The predicted octanol–water partition coefficient (Wildman–Crippen LogP) is 0.301. The van der Waals surface area contributed by atoms with E-state index < -0.39 is 12.7 Å². The molecule has 1 amide bonds. The third-order valence-electron chi connectivity index (χ3n) is 2.85. The standard InChI is InChI=1S/C10H18F3N3O/c1-15(2)8-3-4-16(6-8)9(17)5-14-7-10(11,12)13/h8,14H,3-7H2,1-2H3. The highest BCUT2D eigenvalue weighted by Crippen LogP contribution is 2.14. The summed E-state index contributed by atoms with van der Waals surface area (Å²) in [4.78, 5) is 15.2. The number of halogens is 3. The van der Waals surface area contributed by atoms with E-state index >= 15 is 0 Å². The Hall–Kier alpha value is -0.820. The second-order valence-corrected chi connectivity index (χ2v) is 4.46. The van der Waals surface area contributed by atoms with Crippen LogP contribution in [0.3, 0.4) is 0 Å². The van der Waals surface area contributed by atoms with Crippen molar-refractivity contribution in [1.82, 2.24) is 15.1 Å². The van der Waals surface area contributed by atoms with E-state index in [9.17, 15) is 18.0 Å². The fourth-order valence-corrected chi connectivity index (χ4v) is 1.81. The average Bonchev–Trinajstić information content (AvgIpc) is 2.63. The van der Waals surface area contributed by atoms with E-state index in [4.69, 9.17) is 0 Å². The predicted molar refractivity (Wildman–Crippen MR) is 57.6 cm³/mol. The minimum absolute atomic E-state index is 0.250. The summed E-state index contributed by atoms with van der Waals surface area (Å²) < 4.78 is 35.6. The number of carbonyl (C=O) groups excluding carboxylic acids is 1. The monoisotopic (exact) mass is 253 g/mol. The van der Waals surface area contributed by atoms with Crippen LogP contribution in [0.1, 0.15) is 6.42 Å². The van der Waals surface area contributed by atoms with Crippen LogP contribution >= 0.6 is 0 Å². The molecule has 0 aromatic heterocycles. The van der Waals surface area contributed by atoms with E-state index in [1.54, 1.807) is 4.90 Å². The lowest BCUT2D eigenvalue weighted by molar-refractivity contribution is -0.133. The van der Waals surface area contributed by atoms with Crippen molar-refractivity contribution in [1.29, 1.82) is 0 Å². The first-order valence-corrected chi connectivity index (χ1v) is 5.51. The zero-order valence-electron chi connectivity index (χ0n) is 10.0. The number of hydrogen-bond donors (Lipinski definition) is 1. The quantitative estimate of drug-likeness (QED) is 0.783. The molecule has 1 aliphatic rings. The summed E-state index contributed by atoms with van der Waals surface area (Å²) in [6.45, 7) is -0.155. The van der Waals surface area contributed by atoms with Gasteiger partial charge < -0.3 is 15.1 Å². The molecule has 1 saturated heterocycles. The summed E-state index contributed by atoms with van der Waals surface area (Å²) in [6, 6.07) is 0.307. The van der Waals surface area contributed by atoms with Crippen molar-refractivity contribution in [2.75, 3.05) is 40.3 Å². The van der Waals surface area contributed by atoms with Crippen LogP contribution in [0.2, 0.25) is 0 Å². The van der Waals surface area contributed by atoms with Crippen molar-refractivity contribution >= 4 is 5.91 Å². The lowest BCUT2D eigenvalue weighted by Gasteiger charge is -2.20. The Bertz CT molecular complexity index is 268. The van der Waals surface area contributed by atoms with Crippen molar-refractivity contribution in [3.05, 3.63) is 0 Å². The number of nitrogens with one attached hydrogen (secondary N) is 1. The van der Waals surface area contributed by atoms with E-state index in [1.807, 2.05) is 19.0 Å². The number of amides is 1. The van der Waals surface area contributed by atoms with Gasteiger partial charge in [0.05, 0.1) is 13.1 Å². The van der Waals surface area contributed by atoms with Gasteiger partial charge in [0, 0.05) is 19.1 Å². The SMILES string of the molecule is CN(C)C1CCN(C(=O)CNCC(F)(F)F)C1. The summed E-state index contributed by atoms with van der Waals surface area (Å²) >= 11 is 0. The molecule has 1 rings (SSSR count). The highest BCUT2D eigenvalue weighted by molar-refractivity contribution is 5.78. The van der Waals surface area contributed by atoms with Gasteiger partial charge in [0.15, 0.2) is 0 Å². The summed E-state index contributed by atoms with van der Waals surface area (Å²) in [7, 11) is 3.86. The molecule has 0 aromatic carbocycles. The van der Waals surface area contributed by atoms with Crippen molar-refractivity contribution < 1.29 is 18.0 Å². The van der Waals surface area contributed by atoms with Crippen LogP contribution in [0.5, 0.6) is 0 Å². The topological polar surface area (TPSA) is 35.6 Å². The van der Waals surface area contributed by atoms with Crippen LogP contribution in [0.15, 0.2) is 0 Å². The lowest BCUT2D eigenvalue weighted by Crippen LogP contribution is -2.41. The van der Waals surface area contributed by atoms with Gasteiger partial charge in [0.2, 0.25) is 5.91 Å². The van der Waals surface area contributed by atoms with Gasteiger partial charge in [-0.25, -0.2) is 0 Å². The Morgan fingerprint density at radius 3 is 2.59 bits per heavy atom. The Balaban J connectivity index is 2.26. The molecule has 1 unspecified atom stereocenters. The molecule has 1 heterocycles. The molecular formula is C10H18F3N3O. The van der Waals surface area contributed by atoms with E-state index in [-0.39, 0.29) is 12.5 Å². The van der Waals surface area contributed by atoms with Crippen LogP contribution < -0.4 is 5.32 Å². The maximum absolute atomic E-state index is 11.9. The Kier molecular flexibility index (Phi) is 4.76. The van der Waals surface area contributed by atoms with E-state index in [1.165, 1.54) is 0 Å². The third kappa shape index (κ3) is 4.91. The molecule has 1 aliphatic heterocycles. The van der Waals surface area contributed by atoms with Crippen LogP contribution in [-0.2, 0) is 4.79 Å². The third-order valence-corrected chi connectivity index (χ3v) is 2.85. The van der Waals surface area contributed by atoms with Gasteiger partial charge in [-0.05, 0) is 20.5 Å². The lowest BCUT2D eigenvalue weighted by atomic mass is 10.2. The van der Waals surface area contributed by atoms with Crippen molar-refractivity contribution in [3.8, 4) is 0 Å². The molecule has 4 nitrogen and oxygen atoms in total. The van der Waals surface area contributed by atoms with Gasteiger partial charge in [-0.15, -0.1) is 0 Å².